The van der Waals surface area contributed by atoms with Gasteiger partial charge in [0.2, 0.25) is 0 Å². The Morgan fingerprint density at radius 3 is 2.52 bits per heavy atom. The number of hydrogen-bond acceptors (Lipinski definition) is 5. The van der Waals surface area contributed by atoms with Crippen LogP contribution in [0, 0.1) is 0 Å². The van der Waals surface area contributed by atoms with Crippen molar-refractivity contribution >= 4 is 38.7 Å². The fourth-order valence-electron chi connectivity index (χ4n) is 1.54. The molecule has 1 heterocycles. The van der Waals surface area contributed by atoms with Crippen LogP contribution in [0.4, 0.5) is 0 Å². The zero-order chi connectivity index (χ0) is 15.5. The number of thiophene rings is 1. The van der Waals surface area contributed by atoms with Gasteiger partial charge in [-0.3, -0.25) is 0 Å². The van der Waals surface area contributed by atoms with Gasteiger partial charge < -0.3 is 9.84 Å². The summed E-state index contributed by atoms with van der Waals surface area (Å²) in [4.78, 5) is 11.0. The maximum atomic E-state index is 12.0. The predicted molar refractivity (Wildman–Crippen MR) is 80.3 cm³/mol. The van der Waals surface area contributed by atoms with Crippen LogP contribution in [0.2, 0.25) is 5.02 Å². The van der Waals surface area contributed by atoms with Gasteiger partial charge in [-0.2, -0.15) is 0 Å². The maximum Gasteiger partial charge on any atom is 0.346 e. The molecule has 5 nitrogen and oxygen atoms in total. The van der Waals surface area contributed by atoms with Crippen molar-refractivity contribution in [3.8, 4) is 5.75 Å². The fraction of sp³-hybridized carbons (Fsp3) is 0.154. The average Bonchev–Trinajstić information content (AvgIpc) is 2.88. The highest BCUT2D eigenvalue weighted by atomic mass is 35.5. The molecule has 0 radical (unpaired) electrons. The molecule has 0 saturated carbocycles. The van der Waals surface area contributed by atoms with Crippen molar-refractivity contribution in [2.24, 2.45) is 0 Å². The van der Waals surface area contributed by atoms with E-state index in [1.165, 1.54) is 35.7 Å². The van der Waals surface area contributed by atoms with E-state index in [9.17, 15) is 13.2 Å². The summed E-state index contributed by atoms with van der Waals surface area (Å²) in [6.07, 6.45) is 0. The van der Waals surface area contributed by atoms with Crippen molar-refractivity contribution in [3.05, 3.63) is 45.6 Å². The number of carbonyl (C=O) groups is 1. The van der Waals surface area contributed by atoms with Gasteiger partial charge >= 0.3 is 5.97 Å². The van der Waals surface area contributed by atoms with E-state index >= 15 is 0 Å². The van der Waals surface area contributed by atoms with Crippen molar-refractivity contribution in [3.63, 3.8) is 0 Å². The standard InChI is InChI=1S/C13H11ClO5S2/c14-9-1-3-11(4-2-9)21(17,18)6-5-19-10-7-12(13(15)16)20-8-10/h1-4,7-8H,5-6H2,(H,15,16). The molecule has 0 fully saturated rings. The van der Waals surface area contributed by atoms with Crippen LogP contribution in [0.25, 0.3) is 0 Å². The van der Waals surface area contributed by atoms with Gasteiger partial charge in [-0.15, -0.1) is 11.3 Å². The SMILES string of the molecule is O=C(O)c1cc(OCCS(=O)(=O)c2ccc(Cl)cc2)cs1. The molecular weight excluding hydrogens is 336 g/mol. The minimum absolute atomic E-state index is 0.0548. The van der Waals surface area contributed by atoms with Gasteiger partial charge in [-0.05, 0) is 24.3 Å². The average molecular weight is 347 g/mol. The summed E-state index contributed by atoms with van der Waals surface area (Å²) in [7, 11) is -3.45. The van der Waals surface area contributed by atoms with Gasteiger partial charge in [-0.1, -0.05) is 11.6 Å². The summed E-state index contributed by atoms with van der Waals surface area (Å²) >= 11 is 6.73. The lowest BCUT2D eigenvalue weighted by Crippen LogP contribution is -2.14. The molecule has 2 rings (SSSR count). The highest BCUT2D eigenvalue weighted by Gasteiger charge is 2.15. The molecular formula is C13H11ClO5S2. The van der Waals surface area contributed by atoms with Crippen LogP contribution < -0.4 is 4.74 Å². The van der Waals surface area contributed by atoms with Gasteiger partial charge in [0, 0.05) is 16.5 Å². The Morgan fingerprint density at radius 2 is 1.95 bits per heavy atom. The molecule has 0 bridgehead atoms. The van der Waals surface area contributed by atoms with Crippen molar-refractivity contribution in [2.75, 3.05) is 12.4 Å². The zero-order valence-electron chi connectivity index (χ0n) is 10.7. The molecule has 0 aliphatic heterocycles. The molecule has 0 unspecified atom stereocenters. The van der Waals surface area contributed by atoms with E-state index in [1.54, 1.807) is 0 Å². The first-order valence-corrected chi connectivity index (χ1v) is 8.72. The number of aromatic carboxylic acids is 1. The molecule has 1 aromatic carbocycles. The molecule has 0 saturated heterocycles. The first-order chi connectivity index (χ1) is 9.88. The summed E-state index contributed by atoms with van der Waals surface area (Å²) in [5.41, 5.74) is 0. The number of halogens is 1. The Balaban J connectivity index is 1.95. The van der Waals surface area contributed by atoms with Crippen LogP contribution in [0.3, 0.4) is 0 Å². The lowest BCUT2D eigenvalue weighted by Gasteiger charge is -2.06. The Bertz CT molecular complexity index is 734. The van der Waals surface area contributed by atoms with Crippen LogP contribution in [-0.2, 0) is 9.84 Å². The van der Waals surface area contributed by atoms with Crippen LogP contribution in [0.5, 0.6) is 5.75 Å². The quantitative estimate of drug-likeness (QED) is 0.869. The first kappa shape index (κ1) is 15.8. The highest BCUT2D eigenvalue weighted by molar-refractivity contribution is 7.91. The third kappa shape index (κ3) is 4.20. The Labute approximate surface area is 130 Å². The lowest BCUT2D eigenvalue weighted by molar-refractivity contribution is 0.0702. The molecule has 0 amide bonds. The van der Waals surface area contributed by atoms with Crippen LogP contribution >= 0.6 is 22.9 Å². The number of carboxylic acid groups (broad SMARTS) is 1. The molecule has 0 aliphatic carbocycles. The number of rotatable bonds is 6. The van der Waals surface area contributed by atoms with Crippen molar-refractivity contribution < 1.29 is 23.1 Å². The van der Waals surface area contributed by atoms with E-state index in [1.807, 2.05) is 0 Å². The fourth-order valence-corrected chi connectivity index (χ4v) is 3.42. The second-order valence-electron chi connectivity index (χ2n) is 4.07. The van der Waals surface area contributed by atoms with E-state index in [4.69, 9.17) is 21.4 Å². The second-order valence-corrected chi connectivity index (χ2v) is 7.53. The van der Waals surface area contributed by atoms with Crippen LogP contribution in [-0.4, -0.2) is 31.9 Å². The van der Waals surface area contributed by atoms with Gasteiger partial charge in [-0.25, -0.2) is 13.2 Å². The number of sulfone groups is 1. The zero-order valence-corrected chi connectivity index (χ0v) is 13.0. The molecule has 8 heteroatoms. The topological polar surface area (TPSA) is 80.7 Å². The summed E-state index contributed by atoms with van der Waals surface area (Å²) in [6, 6.07) is 7.25. The maximum absolute atomic E-state index is 12.0. The molecule has 0 aliphatic rings. The Kier molecular flexibility index (Phi) is 4.87. The molecule has 0 spiro atoms. The summed E-state index contributed by atoms with van der Waals surface area (Å²) in [6.45, 7) is -0.0548. The van der Waals surface area contributed by atoms with Crippen molar-refractivity contribution in [1.82, 2.24) is 0 Å². The second kappa shape index (κ2) is 6.46. The number of hydrogen-bond donors (Lipinski definition) is 1. The van der Waals surface area contributed by atoms with Gasteiger partial charge in [0.15, 0.2) is 9.84 Å². The van der Waals surface area contributed by atoms with Crippen LogP contribution in [0.1, 0.15) is 9.67 Å². The smallest absolute Gasteiger partial charge is 0.346 e. The van der Waals surface area contributed by atoms with E-state index in [0.29, 0.717) is 10.8 Å². The van der Waals surface area contributed by atoms with E-state index < -0.39 is 15.8 Å². The molecule has 2 aromatic rings. The summed E-state index contributed by atoms with van der Waals surface area (Å²) < 4.78 is 29.3. The van der Waals surface area contributed by atoms with Crippen molar-refractivity contribution in [2.45, 2.75) is 4.90 Å². The predicted octanol–water partition coefficient (Wildman–Crippen LogP) is 2.95. The largest absolute Gasteiger partial charge is 0.492 e. The molecule has 112 valence electrons. The number of carboxylic acids is 1. The van der Waals surface area contributed by atoms with Gasteiger partial charge in [0.1, 0.15) is 17.2 Å². The number of benzene rings is 1. The van der Waals surface area contributed by atoms with E-state index in [0.717, 1.165) is 11.3 Å². The lowest BCUT2D eigenvalue weighted by atomic mass is 10.4. The third-order valence-electron chi connectivity index (χ3n) is 2.58. The van der Waals surface area contributed by atoms with E-state index in [-0.39, 0.29) is 22.1 Å². The monoisotopic (exact) mass is 346 g/mol. The normalized spacial score (nSPS) is 11.3. The Morgan fingerprint density at radius 1 is 1.29 bits per heavy atom. The van der Waals surface area contributed by atoms with Crippen LogP contribution in [0.15, 0.2) is 40.6 Å². The minimum Gasteiger partial charge on any atom is -0.492 e. The molecule has 0 atom stereocenters. The van der Waals surface area contributed by atoms with E-state index in [2.05, 4.69) is 0 Å². The molecule has 1 aromatic heterocycles. The van der Waals surface area contributed by atoms with Gasteiger partial charge in [0.25, 0.3) is 0 Å². The van der Waals surface area contributed by atoms with Gasteiger partial charge in [0.05, 0.1) is 10.6 Å². The summed E-state index contributed by atoms with van der Waals surface area (Å²) in [5, 5.41) is 10.8. The molecule has 1 N–H and O–H groups in total. The first-order valence-electron chi connectivity index (χ1n) is 5.81. The molecule has 21 heavy (non-hydrogen) atoms. The Hall–Kier alpha value is -1.57. The highest BCUT2D eigenvalue weighted by Crippen LogP contribution is 2.22. The summed E-state index contributed by atoms with van der Waals surface area (Å²) in [5.74, 6) is -0.889. The minimum atomic E-state index is -3.45. The van der Waals surface area contributed by atoms with Crippen molar-refractivity contribution in [1.29, 1.82) is 0 Å². The number of ether oxygens (including phenoxy) is 1. The third-order valence-corrected chi connectivity index (χ3v) is 5.42.